The molecular formula is C16H18F3NO4. The lowest BCUT2D eigenvalue weighted by Crippen LogP contribution is -2.44. The van der Waals surface area contributed by atoms with Crippen molar-refractivity contribution < 1.29 is 32.6 Å². The Morgan fingerprint density at radius 3 is 2.25 bits per heavy atom. The van der Waals surface area contributed by atoms with Gasteiger partial charge in [-0.25, -0.2) is 4.79 Å². The van der Waals surface area contributed by atoms with Gasteiger partial charge in [-0.1, -0.05) is 12.1 Å². The molecule has 0 aromatic heterocycles. The number of hydrogen-bond acceptors (Lipinski definition) is 3. The van der Waals surface area contributed by atoms with Crippen molar-refractivity contribution in [2.45, 2.75) is 38.6 Å². The fraction of sp³-hybridized carbons (Fsp3) is 0.500. The van der Waals surface area contributed by atoms with E-state index in [9.17, 15) is 22.8 Å². The molecule has 0 spiro atoms. The Balaban J connectivity index is 2.05. The number of halogens is 3. The molecule has 24 heavy (non-hydrogen) atoms. The van der Waals surface area contributed by atoms with Crippen LogP contribution in [-0.2, 0) is 16.0 Å². The lowest BCUT2D eigenvalue weighted by molar-refractivity contribution is -0.274. The summed E-state index contributed by atoms with van der Waals surface area (Å²) in [5, 5.41) is 9.00. The van der Waals surface area contributed by atoms with Crippen LogP contribution in [0.4, 0.5) is 13.2 Å². The van der Waals surface area contributed by atoms with E-state index in [-0.39, 0.29) is 11.7 Å². The van der Waals surface area contributed by atoms with Crippen LogP contribution in [0.5, 0.6) is 5.75 Å². The summed E-state index contributed by atoms with van der Waals surface area (Å²) in [5.74, 6) is -1.66. The molecule has 1 amide bonds. The molecule has 0 bridgehead atoms. The van der Waals surface area contributed by atoms with Crippen molar-refractivity contribution in [3.8, 4) is 5.75 Å². The van der Waals surface area contributed by atoms with Gasteiger partial charge in [-0.15, -0.1) is 13.2 Å². The van der Waals surface area contributed by atoms with Crippen molar-refractivity contribution in [2.75, 3.05) is 7.05 Å². The molecular weight excluding hydrogens is 327 g/mol. The molecule has 1 saturated carbocycles. The van der Waals surface area contributed by atoms with Crippen LogP contribution in [0, 0.1) is 5.41 Å². The molecule has 2 rings (SSSR count). The Bertz CT molecular complexity index is 623. The second kappa shape index (κ2) is 6.33. The third-order valence-corrected chi connectivity index (χ3v) is 4.27. The first-order chi connectivity index (χ1) is 11.0. The molecule has 1 atom stereocenters. The third-order valence-electron chi connectivity index (χ3n) is 4.27. The maximum absolute atomic E-state index is 12.5. The standard InChI is InChI=1S/C16H18F3NO4/c1-10(13(21)22)20(2)14(23)15(7-8-15)9-11-3-5-12(6-4-11)24-16(17,18)19/h3-6,10H,7-9H2,1-2H3,(H,21,22). The van der Waals surface area contributed by atoms with Gasteiger partial charge in [0.05, 0.1) is 5.41 Å². The number of carboxylic acids is 1. The minimum atomic E-state index is -4.75. The van der Waals surface area contributed by atoms with Gasteiger partial charge in [0.25, 0.3) is 0 Å². The number of carbonyl (C=O) groups excluding carboxylic acids is 1. The van der Waals surface area contributed by atoms with Gasteiger partial charge < -0.3 is 14.7 Å². The summed E-state index contributed by atoms with van der Waals surface area (Å²) in [7, 11) is 1.45. The zero-order valence-electron chi connectivity index (χ0n) is 13.3. The lowest BCUT2D eigenvalue weighted by atomic mass is 9.94. The van der Waals surface area contributed by atoms with E-state index in [0.29, 0.717) is 24.8 Å². The second-order valence-corrected chi connectivity index (χ2v) is 6.08. The van der Waals surface area contributed by atoms with Crippen molar-refractivity contribution in [1.29, 1.82) is 0 Å². The summed E-state index contributed by atoms with van der Waals surface area (Å²) in [6.45, 7) is 1.43. The van der Waals surface area contributed by atoms with Crippen LogP contribution in [-0.4, -0.2) is 41.3 Å². The molecule has 1 aliphatic carbocycles. The Hall–Kier alpha value is -2.25. The second-order valence-electron chi connectivity index (χ2n) is 6.08. The molecule has 1 fully saturated rings. The van der Waals surface area contributed by atoms with Crippen molar-refractivity contribution in [2.24, 2.45) is 5.41 Å². The highest BCUT2D eigenvalue weighted by Gasteiger charge is 2.51. The molecule has 0 heterocycles. The van der Waals surface area contributed by atoms with Crippen molar-refractivity contribution in [3.63, 3.8) is 0 Å². The van der Waals surface area contributed by atoms with Crippen LogP contribution in [0.15, 0.2) is 24.3 Å². The summed E-state index contributed by atoms with van der Waals surface area (Å²) in [6.07, 6.45) is -3.13. The van der Waals surface area contributed by atoms with Gasteiger partial charge in [0, 0.05) is 7.05 Å². The van der Waals surface area contributed by atoms with Gasteiger partial charge in [-0.05, 0) is 43.9 Å². The average molecular weight is 345 g/mol. The maximum atomic E-state index is 12.5. The first-order valence-electron chi connectivity index (χ1n) is 7.39. The van der Waals surface area contributed by atoms with E-state index in [4.69, 9.17) is 5.11 Å². The first kappa shape index (κ1) is 18.1. The zero-order chi connectivity index (χ0) is 18.1. The number of likely N-dealkylation sites (N-methyl/N-ethyl adjacent to an activating group) is 1. The Morgan fingerprint density at radius 2 is 1.83 bits per heavy atom. The molecule has 0 saturated heterocycles. The fourth-order valence-electron chi connectivity index (χ4n) is 2.53. The van der Waals surface area contributed by atoms with Gasteiger partial charge >= 0.3 is 12.3 Å². The van der Waals surface area contributed by atoms with E-state index < -0.39 is 23.8 Å². The normalized spacial score (nSPS) is 17.0. The molecule has 132 valence electrons. The fourth-order valence-corrected chi connectivity index (χ4v) is 2.53. The number of hydrogen-bond donors (Lipinski definition) is 1. The number of nitrogens with zero attached hydrogens (tertiary/aromatic N) is 1. The van der Waals surface area contributed by atoms with E-state index >= 15 is 0 Å². The SMILES string of the molecule is CC(C(=O)O)N(C)C(=O)C1(Cc2ccc(OC(F)(F)F)cc2)CC1. The van der Waals surface area contributed by atoms with Gasteiger partial charge in [0.15, 0.2) is 0 Å². The molecule has 5 nitrogen and oxygen atoms in total. The molecule has 8 heteroatoms. The van der Waals surface area contributed by atoms with Crippen LogP contribution in [0.3, 0.4) is 0 Å². The van der Waals surface area contributed by atoms with Gasteiger partial charge in [0.2, 0.25) is 5.91 Å². The predicted molar refractivity (Wildman–Crippen MR) is 78.4 cm³/mol. The molecule has 1 unspecified atom stereocenters. The molecule has 0 aliphatic heterocycles. The van der Waals surface area contributed by atoms with Gasteiger partial charge in [-0.3, -0.25) is 4.79 Å². The zero-order valence-corrected chi connectivity index (χ0v) is 13.3. The van der Waals surface area contributed by atoms with E-state index in [1.165, 1.54) is 43.1 Å². The topological polar surface area (TPSA) is 66.8 Å². The predicted octanol–water partition coefficient (Wildman–Crippen LogP) is 2.84. The molecule has 0 radical (unpaired) electrons. The molecule has 1 N–H and O–H groups in total. The highest BCUT2D eigenvalue weighted by atomic mass is 19.4. The van der Waals surface area contributed by atoms with Crippen LogP contribution in [0.25, 0.3) is 0 Å². The lowest BCUT2D eigenvalue weighted by Gasteiger charge is -2.26. The van der Waals surface area contributed by atoms with E-state index in [1.54, 1.807) is 0 Å². The van der Waals surface area contributed by atoms with Crippen LogP contribution in [0.2, 0.25) is 0 Å². The third kappa shape index (κ3) is 4.18. The van der Waals surface area contributed by atoms with Crippen LogP contribution < -0.4 is 4.74 Å². The van der Waals surface area contributed by atoms with Crippen molar-refractivity contribution in [3.05, 3.63) is 29.8 Å². The van der Waals surface area contributed by atoms with E-state index in [2.05, 4.69) is 4.74 Å². The highest BCUT2D eigenvalue weighted by Crippen LogP contribution is 2.50. The Morgan fingerprint density at radius 1 is 1.29 bits per heavy atom. The molecule has 1 aliphatic rings. The molecule has 1 aromatic rings. The van der Waals surface area contributed by atoms with Crippen LogP contribution >= 0.6 is 0 Å². The summed E-state index contributed by atoms with van der Waals surface area (Å²) in [6, 6.07) is 4.43. The monoisotopic (exact) mass is 345 g/mol. The molecule has 1 aromatic carbocycles. The average Bonchev–Trinajstić information content (AvgIpc) is 3.26. The summed E-state index contributed by atoms with van der Waals surface area (Å²) in [5.41, 5.74) is 0.0389. The number of aliphatic carboxylic acids is 1. The number of benzene rings is 1. The quantitative estimate of drug-likeness (QED) is 0.861. The Kier molecular flexibility index (Phi) is 4.77. The van der Waals surface area contributed by atoms with Gasteiger partial charge in [0.1, 0.15) is 11.8 Å². The number of carboxylic acid groups (broad SMARTS) is 1. The first-order valence-corrected chi connectivity index (χ1v) is 7.39. The number of alkyl halides is 3. The van der Waals surface area contributed by atoms with Crippen molar-refractivity contribution in [1.82, 2.24) is 4.90 Å². The highest BCUT2D eigenvalue weighted by molar-refractivity contribution is 5.89. The smallest absolute Gasteiger partial charge is 0.480 e. The Labute approximate surface area is 137 Å². The van der Waals surface area contributed by atoms with Crippen LogP contribution in [0.1, 0.15) is 25.3 Å². The van der Waals surface area contributed by atoms with Gasteiger partial charge in [-0.2, -0.15) is 0 Å². The number of carbonyl (C=O) groups is 2. The number of rotatable bonds is 6. The minimum Gasteiger partial charge on any atom is -0.480 e. The summed E-state index contributed by atoms with van der Waals surface area (Å²) >= 11 is 0. The van der Waals surface area contributed by atoms with E-state index in [0.717, 1.165) is 0 Å². The summed E-state index contributed by atoms with van der Waals surface area (Å²) < 4.78 is 40.2. The minimum absolute atomic E-state index is 0.256. The maximum Gasteiger partial charge on any atom is 0.573 e. The number of amides is 1. The van der Waals surface area contributed by atoms with E-state index in [1.807, 2.05) is 0 Å². The van der Waals surface area contributed by atoms with Crippen molar-refractivity contribution >= 4 is 11.9 Å². The number of ether oxygens (including phenoxy) is 1. The summed E-state index contributed by atoms with van der Waals surface area (Å²) in [4.78, 5) is 24.7. The largest absolute Gasteiger partial charge is 0.573 e.